The standard InChI is InChI=1S/C12H15F3N2O/c1-2-8(16)3-4-17-12(18)7-5-9(13)11(15)10(14)6-7/h5-6,8H,2-4,16H2,1H3,(H,17,18). The van der Waals surface area contributed by atoms with Gasteiger partial charge in [0.25, 0.3) is 5.91 Å². The molecule has 3 N–H and O–H groups in total. The van der Waals surface area contributed by atoms with Crippen molar-refractivity contribution in [3.05, 3.63) is 35.1 Å². The number of hydrogen-bond donors (Lipinski definition) is 2. The summed E-state index contributed by atoms with van der Waals surface area (Å²) in [6.07, 6.45) is 1.34. The van der Waals surface area contributed by atoms with Crippen molar-refractivity contribution in [2.75, 3.05) is 6.54 Å². The minimum atomic E-state index is -1.58. The minimum absolute atomic E-state index is 0.0352. The molecule has 0 aromatic heterocycles. The van der Waals surface area contributed by atoms with Gasteiger partial charge in [0.15, 0.2) is 17.5 Å². The third-order valence-electron chi connectivity index (χ3n) is 2.57. The van der Waals surface area contributed by atoms with E-state index in [1.54, 1.807) is 0 Å². The van der Waals surface area contributed by atoms with Crippen LogP contribution >= 0.6 is 0 Å². The lowest BCUT2D eigenvalue weighted by molar-refractivity contribution is 0.0951. The van der Waals surface area contributed by atoms with Gasteiger partial charge in [-0.15, -0.1) is 0 Å². The van der Waals surface area contributed by atoms with Crippen molar-refractivity contribution >= 4 is 5.91 Å². The second-order valence-corrected chi connectivity index (χ2v) is 3.97. The molecule has 0 radical (unpaired) electrons. The molecule has 0 aliphatic heterocycles. The Morgan fingerprint density at radius 1 is 1.33 bits per heavy atom. The number of benzene rings is 1. The van der Waals surface area contributed by atoms with Crippen LogP contribution in [0.3, 0.4) is 0 Å². The van der Waals surface area contributed by atoms with Crippen LogP contribution in [0.25, 0.3) is 0 Å². The third-order valence-corrected chi connectivity index (χ3v) is 2.57. The first-order valence-electron chi connectivity index (χ1n) is 5.64. The first kappa shape index (κ1) is 14.5. The first-order valence-corrected chi connectivity index (χ1v) is 5.64. The number of halogens is 3. The summed E-state index contributed by atoms with van der Waals surface area (Å²) in [6.45, 7) is 2.21. The van der Waals surface area contributed by atoms with E-state index in [1.165, 1.54) is 0 Å². The van der Waals surface area contributed by atoms with Crippen LogP contribution in [0.15, 0.2) is 12.1 Å². The monoisotopic (exact) mass is 260 g/mol. The number of nitrogens with one attached hydrogen (secondary N) is 1. The van der Waals surface area contributed by atoms with Crippen molar-refractivity contribution in [1.82, 2.24) is 5.32 Å². The molecule has 1 atom stereocenters. The van der Waals surface area contributed by atoms with Crippen molar-refractivity contribution in [2.24, 2.45) is 5.73 Å². The van der Waals surface area contributed by atoms with Crippen LogP contribution in [0, 0.1) is 17.5 Å². The number of nitrogens with two attached hydrogens (primary N) is 1. The van der Waals surface area contributed by atoms with Gasteiger partial charge in [0.2, 0.25) is 0 Å². The Balaban J connectivity index is 2.62. The number of rotatable bonds is 5. The molecule has 1 rings (SSSR count). The summed E-state index contributed by atoms with van der Waals surface area (Å²) < 4.78 is 38.5. The lowest BCUT2D eigenvalue weighted by atomic mass is 10.1. The molecule has 1 aromatic rings. The third kappa shape index (κ3) is 3.73. The van der Waals surface area contributed by atoms with Crippen LogP contribution in [0.1, 0.15) is 30.1 Å². The number of carbonyl (C=O) groups is 1. The van der Waals surface area contributed by atoms with Gasteiger partial charge in [-0.2, -0.15) is 0 Å². The van der Waals surface area contributed by atoms with Crippen LogP contribution in [-0.4, -0.2) is 18.5 Å². The highest BCUT2D eigenvalue weighted by Crippen LogP contribution is 2.13. The topological polar surface area (TPSA) is 55.1 Å². The molecule has 3 nitrogen and oxygen atoms in total. The van der Waals surface area contributed by atoms with Gasteiger partial charge in [-0.25, -0.2) is 13.2 Å². The fraction of sp³-hybridized carbons (Fsp3) is 0.417. The second-order valence-electron chi connectivity index (χ2n) is 3.97. The molecule has 1 amide bonds. The van der Waals surface area contributed by atoms with Crippen LogP contribution in [0.2, 0.25) is 0 Å². The van der Waals surface area contributed by atoms with E-state index >= 15 is 0 Å². The quantitative estimate of drug-likeness (QED) is 0.795. The summed E-state index contributed by atoms with van der Waals surface area (Å²) in [4.78, 5) is 11.5. The van der Waals surface area contributed by atoms with Gasteiger partial charge in [-0.1, -0.05) is 6.92 Å². The van der Waals surface area contributed by atoms with Gasteiger partial charge in [-0.05, 0) is 25.0 Å². The predicted octanol–water partition coefficient (Wildman–Crippen LogP) is 1.96. The summed E-state index contributed by atoms with van der Waals surface area (Å²) in [7, 11) is 0. The van der Waals surface area contributed by atoms with Gasteiger partial charge >= 0.3 is 0 Å². The molecule has 0 spiro atoms. The zero-order valence-corrected chi connectivity index (χ0v) is 9.97. The Bertz CT molecular complexity index is 414. The summed E-state index contributed by atoms with van der Waals surface area (Å²) >= 11 is 0. The normalized spacial score (nSPS) is 12.3. The average molecular weight is 260 g/mol. The zero-order chi connectivity index (χ0) is 13.7. The Morgan fingerprint density at radius 2 is 1.89 bits per heavy atom. The van der Waals surface area contributed by atoms with Crippen molar-refractivity contribution < 1.29 is 18.0 Å². The summed E-state index contributed by atoms with van der Waals surface area (Å²) in [6, 6.07) is 1.29. The minimum Gasteiger partial charge on any atom is -0.352 e. The predicted molar refractivity (Wildman–Crippen MR) is 61.5 cm³/mol. The average Bonchev–Trinajstić information content (AvgIpc) is 2.34. The maximum atomic E-state index is 12.9. The van der Waals surface area contributed by atoms with Crippen LogP contribution < -0.4 is 11.1 Å². The molecule has 18 heavy (non-hydrogen) atoms. The fourth-order valence-corrected chi connectivity index (χ4v) is 1.36. The molecule has 0 aliphatic rings. The highest BCUT2D eigenvalue weighted by molar-refractivity contribution is 5.94. The highest BCUT2D eigenvalue weighted by atomic mass is 19.2. The number of hydrogen-bond acceptors (Lipinski definition) is 2. The Labute approximate surface area is 103 Å². The molecule has 0 bridgehead atoms. The Hall–Kier alpha value is -1.56. The molecule has 6 heteroatoms. The molecule has 0 saturated heterocycles. The van der Waals surface area contributed by atoms with Crippen molar-refractivity contribution in [3.63, 3.8) is 0 Å². The van der Waals surface area contributed by atoms with E-state index in [4.69, 9.17) is 5.73 Å². The molecule has 0 aliphatic carbocycles. The molecular formula is C12H15F3N2O. The van der Waals surface area contributed by atoms with E-state index in [2.05, 4.69) is 5.32 Å². The van der Waals surface area contributed by atoms with E-state index in [1.807, 2.05) is 6.92 Å². The molecule has 100 valence electrons. The van der Waals surface area contributed by atoms with Crippen LogP contribution in [0.5, 0.6) is 0 Å². The lowest BCUT2D eigenvalue weighted by Gasteiger charge is -2.09. The summed E-state index contributed by atoms with van der Waals surface area (Å²) in [5.74, 6) is -5.01. The molecule has 0 fully saturated rings. The molecule has 0 saturated carbocycles. The maximum absolute atomic E-state index is 12.9. The van der Waals surface area contributed by atoms with E-state index in [-0.39, 0.29) is 11.6 Å². The molecular weight excluding hydrogens is 245 g/mol. The van der Waals surface area contributed by atoms with E-state index in [9.17, 15) is 18.0 Å². The summed E-state index contributed by atoms with van der Waals surface area (Å²) in [5, 5.41) is 2.46. The van der Waals surface area contributed by atoms with Gasteiger partial charge in [0, 0.05) is 18.2 Å². The number of amides is 1. The van der Waals surface area contributed by atoms with Crippen LogP contribution in [-0.2, 0) is 0 Å². The lowest BCUT2D eigenvalue weighted by Crippen LogP contribution is -2.30. The molecule has 1 aromatic carbocycles. The number of carbonyl (C=O) groups excluding carboxylic acids is 1. The van der Waals surface area contributed by atoms with Crippen LogP contribution in [0.4, 0.5) is 13.2 Å². The Kier molecular flexibility index (Phi) is 5.15. The SMILES string of the molecule is CCC(N)CCNC(=O)c1cc(F)c(F)c(F)c1. The maximum Gasteiger partial charge on any atom is 0.251 e. The fourth-order valence-electron chi connectivity index (χ4n) is 1.36. The second kappa shape index (κ2) is 6.39. The highest BCUT2D eigenvalue weighted by Gasteiger charge is 2.14. The van der Waals surface area contributed by atoms with Gasteiger partial charge in [0.1, 0.15) is 0 Å². The summed E-state index contributed by atoms with van der Waals surface area (Å²) in [5.41, 5.74) is 5.39. The Morgan fingerprint density at radius 3 is 2.39 bits per heavy atom. The largest absolute Gasteiger partial charge is 0.352 e. The van der Waals surface area contributed by atoms with Crippen molar-refractivity contribution in [1.29, 1.82) is 0 Å². The van der Waals surface area contributed by atoms with Crippen molar-refractivity contribution in [2.45, 2.75) is 25.8 Å². The molecule has 0 heterocycles. The van der Waals surface area contributed by atoms with E-state index in [0.29, 0.717) is 25.1 Å². The first-order chi connectivity index (χ1) is 8.45. The zero-order valence-electron chi connectivity index (χ0n) is 9.97. The van der Waals surface area contributed by atoms with Crippen molar-refractivity contribution in [3.8, 4) is 0 Å². The van der Waals surface area contributed by atoms with Gasteiger partial charge in [-0.3, -0.25) is 4.79 Å². The molecule has 1 unspecified atom stereocenters. The van der Waals surface area contributed by atoms with E-state index < -0.39 is 23.4 Å². The van der Waals surface area contributed by atoms with Gasteiger partial charge < -0.3 is 11.1 Å². The van der Waals surface area contributed by atoms with Gasteiger partial charge in [0.05, 0.1) is 0 Å². The van der Waals surface area contributed by atoms with E-state index in [0.717, 1.165) is 6.42 Å². The smallest absolute Gasteiger partial charge is 0.251 e.